The SMILES string of the molecule is Cc1[nH]cnc1-c1nc(-c2cccc(CN3CCCCC3)c2)no1. The number of nitrogens with one attached hydrogen (secondary N) is 1. The van der Waals surface area contributed by atoms with Crippen LogP contribution in [0.4, 0.5) is 0 Å². The van der Waals surface area contributed by atoms with Gasteiger partial charge in [0.15, 0.2) is 0 Å². The Morgan fingerprint density at radius 2 is 2.08 bits per heavy atom. The van der Waals surface area contributed by atoms with Crippen molar-refractivity contribution in [3.05, 3.63) is 41.9 Å². The van der Waals surface area contributed by atoms with Crippen LogP contribution in [0, 0.1) is 6.92 Å². The average molecular weight is 323 g/mol. The highest BCUT2D eigenvalue weighted by Crippen LogP contribution is 2.23. The summed E-state index contributed by atoms with van der Waals surface area (Å²) in [5.74, 6) is 1.05. The first kappa shape index (κ1) is 15.1. The van der Waals surface area contributed by atoms with E-state index in [2.05, 4.69) is 43.2 Å². The van der Waals surface area contributed by atoms with Crippen molar-refractivity contribution in [2.45, 2.75) is 32.7 Å². The van der Waals surface area contributed by atoms with Gasteiger partial charge < -0.3 is 9.51 Å². The van der Waals surface area contributed by atoms with Gasteiger partial charge in [-0.25, -0.2) is 4.98 Å². The molecule has 3 heterocycles. The van der Waals surface area contributed by atoms with Crippen LogP contribution in [-0.2, 0) is 6.54 Å². The molecule has 1 aromatic carbocycles. The van der Waals surface area contributed by atoms with E-state index in [1.165, 1.54) is 37.9 Å². The van der Waals surface area contributed by atoms with Gasteiger partial charge in [0.2, 0.25) is 5.82 Å². The quantitative estimate of drug-likeness (QED) is 0.796. The van der Waals surface area contributed by atoms with Gasteiger partial charge in [0, 0.05) is 17.8 Å². The summed E-state index contributed by atoms with van der Waals surface area (Å²) in [6.07, 6.45) is 5.59. The first-order valence-corrected chi connectivity index (χ1v) is 8.45. The number of piperidine rings is 1. The van der Waals surface area contributed by atoms with Crippen LogP contribution in [0.5, 0.6) is 0 Å². The van der Waals surface area contributed by atoms with Crippen molar-refractivity contribution in [2.24, 2.45) is 0 Å². The molecule has 124 valence electrons. The molecule has 6 heteroatoms. The molecule has 4 rings (SSSR count). The Balaban J connectivity index is 1.55. The molecule has 1 aliphatic heterocycles. The van der Waals surface area contributed by atoms with Crippen LogP contribution in [0.25, 0.3) is 23.0 Å². The van der Waals surface area contributed by atoms with Crippen LogP contribution in [0.3, 0.4) is 0 Å². The molecule has 2 aromatic heterocycles. The Morgan fingerprint density at radius 3 is 2.88 bits per heavy atom. The predicted molar refractivity (Wildman–Crippen MR) is 91.2 cm³/mol. The van der Waals surface area contributed by atoms with Gasteiger partial charge in [-0.05, 0) is 44.5 Å². The van der Waals surface area contributed by atoms with Gasteiger partial charge in [0.1, 0.15) is 5.69 Å². The Kier molecular flexibility index (Phi) is 4.13. The Labute approximate surface area is 140 Å². The molecule has 1 aliphatic rings. The van der Waals surface area contributed by atoms with Crippen molar-refractivity contribution in [2.75, 3.05) is 13.1 Å². The minimum Gasteiger partial charge on any atom is -0.348 e. The lowest BCUT2D eigenvalue weighted by Gasteiger charge is -2.26. The second kappa shape index (κ2) is 6.57. The predicted octanol–water partition coefficient (Wildman–Crippen LogP) is 3.42. The first-order chi connectivity index (χ1) is 11.8. The van der Waals surface area contributed by atoms with E-state index in [1.807, 2.05) is 13.0 Å². The highest BCUT2D eigenvalue weighted by Gasteiger charge is 2.15. The van der Waals surface area contributed by atoms with Crippen molar-refractivity contribution in [1.29, 1.82) is 0 Å². The van der Waals surface area contributed by atoms with Gasteiger partial charge >= 0.3 is 0 Å². The van der Waals surface area contributed by atoms with Gasteiger partial charge in [-0.3, -0.25) is 4.90 Å². The van der Waals surface area contributed by atoms with Crippen LogP contribution < -0.4 is 0 Å². The molecule has 1 N–H and O–H groups in total. The number of rotatable bonds is 4. The lowest BCUT2D eigenvalue weighted by Crippen LogP contribution is -2.29. The molecule has 0 saturated carbocycles. The zero-order valence-corrected chi connectivity index (χ0v) is 13.8. The molecule has 1 fully saturated rings. The van der Waals surface area contributed by atoms with Crippen LogP contribution in [0.15, 0.2) is 35.1 Å². The van der Waals surface area contributed by atoms with Crippen LogP contribution in [0.1, 0.15) is 30.5 Å². The average Bonchev–Trinajstić information content (AvgIpc) is 3.25. The Hall–Kier alpha value is -2.47. The maximum Gasteiger partial charge on any atom is 0.278 e. The lowest BCUT2D eigenvalue weighted by molar-refractivity contribution is 0.221. The van der Waals surface area contributed by atoms with Gasteiger partial charge in [0.25, 0.3) is 5.89 Å². The fourth-order valence-electron chi connectivity index (χ4n) is 3.20. The Bertz CT molecular complexity index is 816. The number of aryl methyl sites for hydroxylation is 1. The summed E-state index contributed by atoms with van der Waals surface area (Å²) in [7, 11) is 0. The van der Waals surface area contributed by atoms with E-state index in [0.29, 0.717) is 17.4 Å². The molecule has 0 spiro atoms. The van der Waals surface area contributed by atoms with E-state index in [9.17, 15) is 0 Å². The molecule has 1 saturated heterocycles. The van der Waals surface area contributed by atoms with Crippen LogP contribution in [-0.4, -0.2) is 38.1 Å². The number of imidazole rings is 1. The molecule has 0 atom stereocenters. The largest absolute Gasteiger partial charge is 0.348 e. The van der Waals surface area contributed by atoms with Gasteiger partial charge in [0.05, 0.1) is 6.33 Å². The molecule has 0 unspecified atom stereocenters. The summed E-state index contributed by atoms with van der Waals surface area (Å²) >= 11 is 0. The maximum absolute atomic E-state index is 5.38. The number of benzene rings is 1. The number of nitrogens with zero attached hydrogens (tertiary/aromatic N) is 4. The zero-order valence-electron chi connectivity index (χ0n) is 13.8. The summed E-state index contributed by atoms with van der Waals surface area (Å²) in [5.41, 5.74) is 3.90. The summed E-state index contributed by atoms with van der Waals surface area (Å²) in [5, 5.41) is 4.12. The fourth-order valence-corrected chi connectivity index (χ4v) is 3.20. The Morgan fingerprint density at radius 1 is 1.21 bits per heavy atom. The van der Waals surface area contributed by atoms with Gasteiger partial charge in [-0.15, -0.1) is 0 Å². The van der Waals surface area contributed by atoms with Crippen molar-refractivity contribution in [1.82, 2.24) is 25.0 Å². The number of hydrogen-bond donors (Lipinski definition) is 1. The van der Waals surface area contributed by atoms with Crippen molar-refractivity contribution >= 4 is 0 Å². The summed E-state index contributed by atoms with van der Waals surface area (Å²) in [4.78, 5) is 14.3. The first-order valence-electron chi connectivity index (χ1n) is 8.45. The molecule has 0 radical (unpaired) electrons. The number of hydrogen-bond acceptors (Lipinski definition) is 5. The molecular weight excluding hydrogens is 302 g/mol. The highest BCUT2D eigenvalue weighted by molar-refractivity contribution is 5.59. The van der Waals surface area contributed by atoms with Gasteiger partial charge in [-0.1, -0.05) is 29.8 Å². The second-order valence-electron chi connectivity index (χ2n) is 6.34. The monoisotopic (exact) mass is 323 g/mol. The second-order valence-corrected chi connectivity index (χ2v) is 6.34. The summed E-state index contributed by atoms with van der Waals surface area (Å²) < 4.78 is 5.38. The fraction of sp³-hybridized carbons (Fsp3) is 0.389. The molecule has 6 nitrogen and oxygen atoms in total. The van der Waals surface area contributed by atoms with E-state index in [4.69, 9.17) is 4.52 Å². The summed E-state index contributed by atoms with van der Waals surface area (Å²) in [6.45, 7) is 5.30. The normalized spacial score (nSPS) is 15.7. The molecule has 0 amide bonds. The van der Waals surface area contributed by atoms with Crippen LogP contribution >= 0.6 is 0 Å². The topological polar surface area (TPSA) is 70.8 Å². The van der Waals surface area contributed by atoms with Crippen molar-refractivity contribution in [3.63, 3.8) is 0 Å². The minimum atomic E-state index is 0.449. The smallest absolute Gasteiger partial charge is 0.278 e. The van der Waals surface area contributed by atoms with Gasteiger partial charge in [-0.2, -0.15) is 4.98 Å². The highest BCUT2D eigenvalue weighted by atomic mass is 16.5. The summed E-state index contributed by atoms with van der Waals surface area (Å²) in [6, 6.07) is 8.40. The molecule has 0 bridgehead atoms. The molecule has 0 aliphatic carbocycles. The van der Waals surface area contributed by atoms with E-state index >= 15 is 0 Å². The number of aromatic amines is 1. The van der Waals surface area contributed by atoms with E-state index in [1.54, 1.807) is 6.33 Å². The van der Waals surface area contributed by atoms with E-state index in [-0.39, 0.29) is 0 Å². The molecule has 3 aromatic rings. The van der Waals surface area contributed by atoms with Crippen molar-refractivity contribution in [3.8, 4) is 23.0 Å². The third-order valence-electron chi connectivity index (χ3n) is 4.50. The molecular formula is C18H21N5O. The maximum atomic E-state index is 5.38. The third-order valence-corrected chi connectivity index (χ3v) is 4.50. The van der Waals surface area contributed by atoms with Crippen molar-refractivity contribution < 1.29 is 4.52 Å². The van der Waals surface area contributed by atoms with E-state index in [0.717, 1.165) is 17.8 Å². The zero-order chi connectivity index (χ0) is 16.4. The number of H-pyrrole nitrogens is 1. The lowest BCUT2D eigenvalue weighted by atomic mass is 10.1. The van der Waals surface area contributed by atoms with E-state index < -0.39 is 0 Å². The minimum absolute atomic E-state index is 0.449. The number of likely N-dealkylation sites (tertiary alicyclic amines) is 1. The standard InChI is InChI=1S/C18H21N5O/c1-13-16(20-12-19-13)18-21-17(22-24-18)15-7-5-6-14(10-15)11-23-8-3-2-4-9-23/h5-7,10,12H,2-4,8-9,11H2,1H3,(H,19,20). The third kappa shape index (κ3) is 3.10. The van der Waals surface area contributed by atoms with Crippen LogP contribution in [0.2, 0.25) is 0 Å². The molecule has 24 heavy (non-hydrogen) atoms. The number of aromatic nitrogens is 4.